The van der Waals surface area contributed by atoms with Crippen LogP contribution in [0.15, 0.2) is 48.5 Å². The van der Waals surface area contributed by atoms with Crippen LogP contribution in [-0.4, -0.2) is 46.8 Å². The molecule has 0 heterocycles. The predicted octanol–water partition coefficient (Wildman–Crippen LogP) is 4.02. The molecule has 0 unspecified atom stereocenters. The van der Waals surface area contributed by atoms with E-state index in [-0.39, 0.29) is 0 Å². The Hall–Kier alpha value is -1.15. The summed E-state index contributed by atoms with van der Waals surface area (Å²) in [5, 5.41) is 0. The zero-order valence-corrected chi connectivity index (χ0v) is 16.0. The Morgan fingerprint density at radius 2 is 1.38 bits per heavy atom. The van der Waals surface area contributed by atoms with E-state index in [9.17, 15) is 0 Å². The maximum absolute atomic E-state index is 5.68. The topological polar surface area (TPSA) is 36.9 Å². The fourth-order valence-electron chi connectivity index (χ4n) is 2.11. The molecule has 0 aromatic heterocycles. The summed E-state index contributed by atoms with van der Waals surface area (Å²) < 4.78 is 22.6. The van der Waals surface area contributed by atoms with Crippen molar-refractivity contribution in [3.05, 3.63) is 52.1 Å². The van der Waals surface area contributed by atoms with Crippen LogP contribution in [0.2, 0.25) is 0 Å². The number of rotatable bonds is 11. The third-order valence-corrected chi connectivity index (χ3v) is 4.28. The Bertz CT molecular complexity index is 586. The van der Waals surface area contributed by atoms with Gasteiger partial charge in [-0.15, -0.1) is 0 Å². The van der Waals surface area contributed by atoms with Crippen LogP contribution in [0.1, 0.15) is 0 Å². The summed E-state index contributed by atoms with van der Waals surface area (Å²) in [6.45, 7) is 3.43. The van der Waals surface area contributed by atoms with Crippen molar-refractivity contribution < 1.29 is 18.9 Å². The molecular weight excluding hydrogens is 419 g/mol. The molecule has 2 rings (SSSR count). The lowest BCUT2D eigenvalue weighted by atomic mass is 10.1. The molecule has 5 heteroatoms. The molecule has 0 aliphatic carbocycles. The van der Waals surface area contributed by atoms with Gasteiger partial charge in [0.15, 0.2) is 0 Å². The Morgan fingerprint density at radius 3 is 2.04 bits per heavy atom. The van der Waals surface area contributed by atoms with Gasteiger partial charge in [-0.25, -0.2) is 0 Å². The van der Waals surface area contributed by atoms with Crippen LogP contribution in [0.4, 0.5) is 0 Å². The fourth-order valence-corrected chi connectivity index (χ4v) is 2.81. The van der Waals surface area contributed by atoms with E-state index in [1.165, 1.54) is 14.7 Å². The number of hydrogen-bond acceptors (Lipinski definition) is 4. The van der Waals surface area contributed by atoms with Gasteiger partial charge in [-0.05, 0) is 51.9 Å². The van der Waals surface area contributed by atoms with Gasteiger partial charge >= 0.3 is 0 Å². The van der Waals surface area contributed by atoms with E-state index in [1.807, 2.05) is 18.2 Å². The molecule has 0 aliphatic rings. The molecule has 0 amide bonds. The van der Waals surface area contributed by atoms with Gasteiger partial charge < -0.3 is 18.9 Å². The molecule has 0 saturated carbocycles. The van der Waals surface area contributed by atoms with Crippen molar-refractivity contribution in [3.8, 4) is 16.9 Å². The van der Waals surface area contributed by atoms with E-state index in [1.54, 1.807) is 7.11 Å². The highest BCUT2D eigenvalue weighted by Crippen LogP contribution is 2.26. The SMILES string of the molecule is COCCOCCOCCOc1ccc(-c2ccccc2I)cc1. The minimum absolute atomic E-state index is 0.528. The first-order valence-corrected chi connectivity index (χ1v) is 9.01. The number of halogens is 1. The third-order valence-electron chi connectivity index (χ3n) is 3.34. The molecule has 0 radical (unpaired) electrons. The van der Waals surface area contributed by atoms with E-state index >= 15 is 0 Å². The first-order chi connectivity index (χ1) is 11.8. The van der Waals surface area contributed by atoms with Crippen molar-refractivity contribution >= 4 is 22.6 Å². The van der Waals surface area contributed by atoms with Gasteiger partial charge in [0.2, 0.25) is 0 Å². The van der Waals surface area contributed by atoms with Gasteiger partial charge in [-0.3, -0.25) is 0 Å². The van der Waals surface area contributed by atoms with Crippen LogP contribution in [0, 0.1) is 3.57 Å². The number of ether oxygens (including phenoxy) is 4. The lowest BCUT2D eigenvalue weighted by Gasteiger charge is -2.09. The summed E-state index contributed by atoms with van der Waals surface area (Å²) in [6, 6.07) is 16.5. The molecule has 130 valence electrons. The highest BCUT2D eigenvalue weighted by atomic mass is 127. The van der Waals surface area contributed by atoms with Gasteiger partial charge in [0.1, 0.15) is 12.4 Å². The van der Waals surface area contributed by atoms with Crippen molar-refractivity contribution in [2.75, 3.05) is 46.8 Å². The minimum atomic E-state index is 0.528. The van der Waals surface area contributed by atoms with E-state index in [4.69, 9.17) is 18.9 Å². The Morgan fingerprint density at radius 1 is 0.750 bits per heavy atom. The summed E-state index contributed by atoms with van der Waals surface area (Å²) in [6.07, 6.45) is 0. The first kappa shape index (κ1) is 19.2. The normalized spacial score (nSPS) is 10.8. The van der Waals surface area contributed by atoms with Gasteiger partial charge in [0.05, 0.1) is 33.0 Å². The zero-order valence-electron chi connectivity index (χ0n) is 13.9. The lowest BCUT2D eigenvalue weighted by molar-refractivity contribution is 0.0180. The fraction of sp³-hybridized carbons (Fsp3) is 0.368. The smallest absolute Gasteiger partial charge is 0.119 e. The molecule has 24 heavy (non-hydrogen) atoms. The van der Waals surface area contributed by atoms with Gasteiger partial charge in [0.25, 0.3) is 0 Å². The number of methoxy groups -OCH3 is 1. The molecule has 4 nitrogen and oxygen atoms in total. The van der Waals surface area contributed by atoms with Crippen LogP contribution in [0.3, 0.4) is 0 Å². The van der Waals surface area contributed by atoms with Gasteiger partial charge in [0, 0.05) is 10.7 Å². The van der Waals surface area contributed by atoms with E-state index in [0.29, 0.717) is 39.6 Å². The van der Waals surface area contributed by atoms with Crippen molar-refractivity contribution in [2.24, 2.45) is 0 Å². The van der Waals surface area contributed by atoms with Crippen molar-refractivity contribution in [1.82, 2.24) is 0 Å². The van der Waals surface area contributed by atoms with Crippen LogP contribution >= 0.6 is 22.6 Å². The number of benzene rings is 2. The maximum Gasteiger partial charge on any atom is 0.119 e. The monoisotopic (exact) mass is 442 g/mol. The van der Waals surface area contributed by atoms with Crippen molar-refractivity contribution in [2.45, 2.75) is 0 Å². The quantitative estimate of drug-likeness (QED) is 0.389. The van der Waals surface area contributed by atoms with Crippen LogP contribution in [0.5, 0.6) is 5.75 Å². The maximum atomic E-state index is 5.68. The standard InChI is InChI=1S/C19H23IO4/c1-21-10-11-22-12-13-23-14-15-24-17-8-6-16(7-9-17)18-4-2-3-5-19(18)20/h2-9H,10-15H2,1H3. The zero-order chi connectivity index (χ0) is 17.0. The van der Waals surface area contributed by atoms with Gasteiger partial charge in [-0.1, -0.05) is 30.3 Å². The van der Waals surface area contributed by atoms with Crippen LogP contribution < -0.4 is 4.74 Å². The molecule has 2 aromatic carbocycles. The molecule has 0 atom stereocenters. The average molecular weight is 442 g/mol. The number of hydrogen-bond donors (Lipinski definition) is 0. The molecule has 0 bridgehead atoms. The molecule has 0 spiro atoms. The molecule has 0 N–H and O–H groups in total. The average Bonchev–Trinajstić information content (AvgIpc) is 2.61. The largest absolute Gasteiger partial charge is 0.491 e. The minimum Gasteiger partial charge on any atom is -0.491 e. The summed E-state index contributed by atoms with van der Waals surface area (Å²) in [4.78, 5) is 0. The second kappa shape index (κ2) is 11.4. The highest BCUT2D eigenvalue weighted by Gasteiger charge is 2.02. The van der Waals surface area contributed by atoms with E-state index in [0.717, 1.165) is 5.75 Å². The second-order valence-electron chi connectivity index (χ2n) is 5.07. The predicted molar refractivity (Wildman–Crippen MR) is 104 cm³/mol. The molecule has 0 fully saturated rings. The Balaban J connectivity index is 1.65. The molecule has 2 aromatic rings. The summed E-state index contributed by atoms with van der Waals surface area (Å²) in [7, 11) is 1.66. The van der Waals surface area contributed by atoms with Crippen LogP contribution in [-0.2, 0) is 14.2 Å². The van der Waals surface area contributed by atoms with Crippen molar-refractivity contribution in [1.29, 1.82) is 0 Å². The van der Waals surface area contributed by atoms with E-state index in [2.05, 4.69) is 52.9 Å². The van der Waals surface area contributed by atoms with Crippen molar-refractivity contribution in [3.63, 3.8) is 0 Å². The summed E-state index contributed by atoms with van der Waals surface area (Å²) in [5.41, 5.74) is 2.43. The lowest BCUT2D eigenvalue weighted by Crippen LogP contribution is -2.12. The van der Waals surface area contributed by atoms with Crippen LogP contribution in [0.25, 0.3) is 11.1 Å². The highest BCUT2D eigenvalue weighted by molar-refractivity contribution is 14.1. The first-order valence-electron chi connectivity index (χ1n) is 7.93. The second-order valence-corrected chi connectivity index (χ2v) is 6.23. The molecule has 0 saturated heterocycles. The molecular formula is C19H23IO4. The summed E-state index contributed by atoms with van der Waals surface area (Å²) >= 11 is 2.35. The third kappa shape index (κ3) is 6.76. The van der Waals surface area contributed by atoms with Gasteiger partial charge in [-0.2, -0.15) is 0 Å². The van der Waals surface area contributed by atoms with E-state index < -0.39 is 0 Å². The Labute approximate surface area is 157 Å². The summed E-state index contributed by atoms with van der Waals surface area (Å²) in [5.74, 6) is 0.852. The molecule has 0 aliphatic heterocycles. The Kier molecular flexibility index (Phi) is 9.12.